The maximum absolute atomic E-state index is 13.4. The molecule has 1 aromatic heterocycles. The second-order valence-corrected chi connectivity index (χ2v) is 5.78. The summed E-state index contributed by atoms with van der Waals surface area (Å²) in [4.78, 5) is 3.58. The molecule has 2 rings (SSSR count). The monoisotopic (exact) mass is 260 g/mol. The quantitative estimate of drug-likeness (QED) is 0.834. The first kappa shape index (κ1) is 12.4. The highest BCUT2D eigenvalue weighted by Gasteiger charge is 2.31. The normalized spacial score (nSPS) is 19.4. The first-order valence-electron chi connectivity index (χ1n) is 5.30. The van der Waals surface area contributed by atoms with Gasteiger partial charge in [-0.1, -0.05) is 0 Å². The average Bonchev–Trinajstić information content (AvgIpc) is 2.30. The fraction of sp³-hybridized carbons (Fsp3) is 0.500. The van der Waals surface area contributed by atoms with Gasteiger partial charge >= 0.3 is 0 Å². The highest BCUT2D eigenvalue weighted by molar-refractivity contribution is 7.89. The average molecular weight is 260 g/mol. The Balaban J connectivity index is 2.28. The van der Waals surface area contributed by atoms with E-state index in [9.17, 15) is 17.9 Å². The van der Waals surface area contributed by atoms with Crippen LogP contribution in [0.25, 0.3) is 0 Å². The molecule has 1 aliphatic heterocycles. The van der Waals surface area contributed by atoms with E-state index >= 15 is 0 Å². The minimum absolute atomic E-state index is 0.194. The molecular formula is C10H13FN2O3S. The van der Waals surface area contributed by atoms with E-state index in [1.807, 2.05) is 0 Å². The van der Waals surface area contributed by atoms with Gasteiger partial charge in [0.2, 0.25) is 5.03 Å². The maximum Gasteiger partial charge on any atom is 0.263 e. The molecule has 0 radical (unpaired) electrons. The fourth-order valence-electron chi connectivity index (χ4n) is 1.77. The molecule has 1 fully saturated rings. The highest BCUT2D eigenvalue weighted by atomic mass is 32.2. The molecule has 0 unspecified atom stereocenters. The minimum atomic E-state index is -3.88. The van der Waals surface area contributed by atoms with Gasteiger partial charge in [0, 0.05) is 19.3 Å². The molecule has 1 aliphatic rings. The molecule has 0 spiro atoms. The summed E-state index contributed by atoms with van der Waals surface area (Å²) in [7, 11) is -3.88. The third-order valence-corrected chi connectivity index (χ3v) is 4.57. The topological polar surface area (TPSA) is 70.5 Å². The van der Waals surface area contributed by atoms with Crippen molar-refractivity contribution in [3.63, 3.8) is 0 Å². The minimum Gasteiger partial charge on any atom is -0.393 e. The van der Waals surface area contributed by atoms with Crippen molar-refractivity contribution in [2.24, 2.45) is 0 Å². The van der Waals surface area contributed by atoms with Crippen LogP contribution in [-0.2, 0) is 10.0 Å². The molecule has 94 valence electrons. The zero-order valence-electron chi connectivity index (χ0n) is 9.08. The van der Waals surface area contributed by atoms with E-state index in [1.165, 1.54) is 12.3 Å². The maximum atomic E-state index is 13.4. The van der Waals surface area contributed by atoms with Crippen LogP contribution in [0.5, 0.6) is 0 Å². The van der Waals surface area contributed by atoms with Crippen molar-refractivity contribution in [3.8, 4) is 0 Å². The summed E-state index contributed by atoms with van der Waals surface area (Å²) in [5.74, 6) is -0.848. The van der Waals surface area contributed by atoms with Crippen molar-refractivity contribution >= 4 is 10.0 Å². The number of hydrogen-bond acceptors (Lipinski definition) is 4. The Labute approximate surface area is 99.0 Å². The van der Waals surface area contributed by atoms with E-state index in [4.69, 9.17) is 0 Å². The summed E-state index contributed by atoms with van der Waals surface area (Å²) >= 11 is 0. The van der Waals surface area contributed by atoms with Crippen LogP contribution in [0.1, 0.15) is 12.8 Å². The van der Waals surface area contributed by atoms with Gasteiger partial charge in [-0.05, 0) is 25.0 Å². The van der Waals surface area contributed by atoms with E-state index < -0.39 is 27.0 Å². The summed E-state index contributed by atoms with van der Waals surface area (Å²) < 4.78 is 38.7. The molecule has 0 aromatic carbocycles. The SMILES string of the molecule is O=S(=O)(c1ncccc1F)N1CCC(O)CC1. The molecule has 0 saturated carbocycles. The molecule has 0 aliphatic carbocycles. The zero-order valence-corrected chi connectivity index (χ0v) is 9.90. The molecule has 0 bridgehead atoms. The standard InChI is InChI=1S/C10H13FN2O3S/c11-9-2-1-5-12-10(9)17(15,16)13-6-3-8(14)4-7-13/h1-2,5,8,14H,3-4,6-7H2. The number of aromatic nitrogens is 1. The Morgan fingerprint density at radius 1 is 1.41 bits per heavy atom. The van der Waals surface area contributed by atoms with Gasteiger partial charge in [-0.25, -0.2) is 17.8 Å². The summed E-state index contributed by atoms with van der Waals surface area (Å²) in [6.07, 6.45) is 1.51. The van der Waals surface area contributed by atoms with Crippen LogP contribution < -0.4 is 0 Å². The summed E-state index contributed by atoms with van der Waals surface area (Å²) in [6, 6.07) is 2.41. The third kappa shape index (κ3) is 2.46. The number of nitrogens with zero attached hydrogens (tertiary/aromatic N) is 2. The summed E-state index contributed by atoms with van der Waals surface area (Å²) in [5.41, 5.74) is 0. The predicted octanol–water partition coefficient (Wildman–Crippen LogP) is 0.366. The Morgan fingerprint density at radius 2 is 2.06 bits per heavy atom. The van der Waals surface area contributed by atoms with Crippen LogP contribution in [0.2, 0.25) is 0 Å². The van der Waals surface area contributed by atoms with Crippen LogP contribution in [-0.4, -0.2) is 42.0 Å². The van der Waals surface area contributed by atoms with Crippen LogP contribution in [0.4, 0.5) is 4.39 Å². The van der Waals surface area contributed by atoms with Crippen molar-refractivity contribution in [1.82, 2.24) is 9.29 Å². The highest BCUT2D eigenvalue weighted by Crippen LogP contribution is 2.20. The van der Waals surface area contributed by atoms with Gasteiger partial charge in [-0.2, -0.15) is 4.31 Å². The van der Waals surface area contributed by atoms with E-state index in [0.717, 1.165) is 10.4 Å². The van der Waals surface area contributed by atoms with Crippen molar-refractivity contribution < 1.29 is 17.9 Å². The Kier molecular flexibility index (Phi) is 3.41. The van der Waals surface area contributed by atoms with Crippen LogP contribution in [0.15, 0.2) is 23.4 Å². The summed E-state index contributed by atoms with van der Waals surface area (Å²) in [5, 5.41) is 8.76. The molecule has 2 heterocycles. The predicted molar refractivity (Wildman–Crippen MR) is 58.2 cm³/mol. The van der Waals surface area contributed by atoms with Gasteiger partial charge in [0.25, 0.3) is 10.0 Å². The second-order valence-electron chi connectivity index (χ2n) is 3.93. The molecular weight excluding hydrogens is 247 g/mol. The largest absolute Gasteiger partial charge is 0.393 e. The van der Waals surface area contributed by atoms with E-state index in [-0.39, 0.29) is 13.1 Å². The van der Waals surface area contributed by atoms with Gasteiger partial charge in [0.05, 0.1) is 6.10 Å². The molecule has 1 N–H and O–H groups in total. The van der Waals surface area contributed by atoms with Crippen molar-refractivity contribution in [1.29, 1.82) is 0 Å². The Morgan fingerprint density at radius 3 is 2.65 bits per heavy atom. The van der Waals surface area contributed by atoms with Crippen LogP contribution in [0.3, 0.4) is 0 Å². The van der Waals surface area contributed by atoms with Crippen LogP contribution >= 0.6 is 0 Å². The smallest absolute Gasteiger partial charge is 0.263 e. The molecule has 1 aromatic rings. The van der Waals surface area contributed by atoms with Gasteiger partial charge in [0.15, 0.2) is 5.82 Å². The van der Waals surface area contributed by atoms with E-state index in [0.29, 0.717) is 12.8 Å². The van der Waals surface area contributed by atoms with Crippen LogP contribution in [0, 0.1) is 5.82 Å². The Bertz CT molecular complexity index is 498. The lowest BCUT2D eigenvalue weighted by Crippen LogP contribution is -2.40. The number of sulfonamides is 1. The molecule has 7 heteroatoms. The summed E-state index contributed by atoms with van der Waals surface area (Å²) in [6.45, 7) is 0.388. The molecule has 0 atom stereocenters. The number of aliphatic hydroxyl groups is 1. The molecule has 0 amide bonds. The van der Waals surface area contributed by atoms with Gasteiger partial charge in [0.1, 0.15) is 0 Å². The lowest BCUT2D eigenvalue weighted by molar-refractivity contribution is 0.113. The van der Waals surface area contributed by atoms with E-state index in [1.54, 1.807) is 0 Å². The van der Waals surface area contributed by atoms with Crippen molar-refractivity contribution in [2.45, 2.75) is 24.0 Å². The number of rotatable bonds is 2. The lowest BCUT2D eigenvalue weighted by Gasteiger charge is -2.28. The molecule has 1 saturated heterocycles. The van der Waals surface area contributed by atoms with Crippen molar-refractivity contribution in [2.75, 3.05) is 13.1 Å². The number of piperidine rings is 1. The fourth-order valence-corrected chi connectivity index (χ4v) is 3.21. The zero-order chi connectivity index (χ0) is 12.5. The molecule has 17 heavy (non-hydrogen) atoms. The third-order valence-electron chi connectivity index (χ3n) is 2.73. The molecule has 5 nitrogen and oxygen atoms in total. The van der Waals surface area contributed by atoms with Crippen molar-refractivity contribution in [3.05, 3.63) is 24.1 Å². The van der Waals surface area contributed by atoms with Gasteiger partial charge in [-0.15, -0.1) is 0 Å². The van der Waals surface area contributed by atoms with Gasteiger partial charge < -0.3 is 5.11 Å². The second kappa shape index (κ2) is 4.67. The first-order chi connectivity index (χ1) is 8.01. The number of hydrogen-bond donors (Lipinski definition) is 1. The Hall–Kier alpha value is -1.05. The van der Waals surface area contributed by atoms with E-state index in [2.05, 4.69) is 4.98 Å². The van der Waals surface area contributed by atoms with Gasteiger partial charge in [-0.3, -0.25) is 0 Å². The number of pyridine rings is 1. The number of aliphatic hydroxyl groups excluding tert-OH is 1. The number of halogens is 1. The first-order valence-corrected chi connectivity index (χ1v) is 6.74. The lowest BCUT2D eigenvalue weighted by atomic mass is 10.1.